The van der Waals surface area contributed by atoms with Crippen LogP contribution in [0.25, 0.3) is 0 Å². The van der Waals surface area contributed by atoms with Crippen molar-refractivity contribution in [2.45, 2.75) is 19.9 Å². The number of carbonyl (C=O) groups excluding carboxylic acids is 1. The Morgan fingerprint density at radius 3 is 2.23 bits per heavy atom. The molecule has 2 aromatic rings. The standard InChI is InChI=1S/C21H28N2O6S/c1-6-29-18-10-8-17(9-11-18)23(30(5,25)26)14-21(24)22-15(2)16-7-12-19(27-3)20(13-16)28-4/h7-13,15H,6,14H2,1-5H3,(H,22,24)/t15-/m0/s1. The number of ether oxygens (including phenoxy) is 3. The molecule has 0 aliphatic rings. The molecule has 0 aliphatic carbocycles. The molecule has 30 heavy (non-hydrogen) atoms. The van der Waals surface area contributed by atoms with Gasteiger partial charge in [0.1, 0.15) is 12.3 Å². The Labute approximate surface area is 177 Å². The van der Waals surface area contributed by atoms with E-state index in [1.165, 1.54) is 7.11 Å². The zero-order valence-electron chi connectivity index (χ0n) is 17.8. The summed E-state index contributed by atoms with van der Waals surface area (Å²) >= 11 is 0. The molecule has 1 atom stereocenters. The molecule has 0 spiro atoms. The number of nitrogens with one attached hydrogen (secondary N) is 1. The van der Waals surface area contributed by atoms with Gasteiger partial charge >= 0.3 is 0 Å². The zero-order valence-corrected chi connectivity index (χ0v) is 18.7. The van der Waals surface area contributed by atoms with Gasteiger partial charge < -0.3 is 19.5 Å². The largest absolute Gasteiger partial charge is 0.494 e. The van der Waals surface area contributed by atoms with Gasteiger partial charge in [-0.05, 0) is 55.8 Å². The molecule has 8 nitrogen and oxygen atoms in total. The highest BCUT2D eigenvalue weighted by atomic mass is 32.2. The van der Waals surface area contributed by atoms with Crippen LogP contribution in [0.15, 0.2) is 42.5 Å². The molecule has 0 aliphatic heterocycles. The van der Waals surface area contributed by atoms with Crippen molar-refractivity contribution in [3.05, 3.63) is 48.0 Å². The third-order valence-corrected chi connectivity index (χ3v) is 5.55. The van der Waals surface area contributed by atoms with Crippen LogP contribution in [0.3, 0.4) is 0 Å². The molecular formula is C21H28N2O6S. The van der Waals surface area contributed by atoms with Gasteiger partial charge in [-0.2, -0.15) is 0 Å². The highest BCUT2D eigenvalue weighted by molar-refractivity contribution is 7.92. The lowest BCUT2D eigenvalue weighted by molar-refractivity contribution is -0.120. The predicted octanol–water partition coefficient (Wildman–Crippen LogP) is 2.75. The number of hydrogen-bond acceptors (Lipinski definition) is 6. The van der Waals surface area contributed by atoms with E-state index in [4.69, 9.17) is 14.2 Å². The van der Waals surface area contributed by atoms with Crippen molar-refractivity contribution < 1.29 is 27.4 Å². The van der Waals surface area contributed by atoms with Crippen LogP contribution >= 0.6 is 0 Å². The Morgan fingerprint density at radius 1 is 1.07 bits per heavy atom. The fourth-order valence-corrected chi connectivity index (χ4v) is 3.75. The summed E-state index contributed by atoms with van der Waals surface area (Å²) < 4.78 is 41.5. The third-order valence-electron chi connectivity index (χ3n) is 4.41. The number of nitrogens with zero attached hydrogens (tertiary/aromatic N) is 1. The first kappa shape index (κ1) is 23.3. The highest BCUT2D eigenvalue weighted by Gasteiger charge is 2.22. The van der Waals surface area contributed by atoms with Gasteiger partial charge in [0.2, 0.25) is 15.9 Å². The van der Waals surface area contributed by atoms with Crippen LogP contribution in [-0.2, 0) is 14.8 Å². The van der Waals surface area contributed by atoms with E-state index in [0.29, 0.717) is 29.5 Å². The molecule has 1 N–H and O–H groups in total. The number of sulfonamides is 1. The van der Waals surface area contributed by atoms with Crippen molar-refractivity contribution in [3.63, 3.8) is 0 Å². The summed E-state index contributed by atoms with van der Waals surface area (Å²) in [4.78, 5) is 12.6. The van der Waals surface area contributed by atoms with Crippen LogP contribution in [0.1, 0.15) is 25.5 Å². The van der Waals surface area contributed by atoms with E-state index in [1.54, 1.807) is 50.4 Å². The maximum Gasteiger partial charge on any atom is 0.241 e. The fourth-order valence-electron chi connectivity index (χ4n) is 2.90. The van der Waals surface area contributed by atoms with Gasteiger partial charge in [0, 0.05) is 0 Å². The lowest BCUT2D eigenvalue weighted by atomic mass is 10.1. The van der Waals surface area contributed by atoms with Crippen LogP contribution in [0, 0.1) is 0 Å². The van der Waals surface area contributed by atoms with Crippen LogP contribution in [-0.4, -0.2) is 48.0 Å². The van der Waals surface area contributed by atoms with Gasteiger partial charge in [-0.3, -0.25) is 9.10 Å². The SMILES string of the molecule is CCOc1ccc(N(CC(=O)N[C@@H](C)c2ccc(OC)c(OC)c2)S(C)(=O)=O)cc1. The molecule has 0 saturated carbocycles. The van der Waals surface area contributed by atoms with Crippen LogP contribution in [0.5, 0.6) is 17.2 Å². The second-order valence-corrected chi connectivity index (χ2v) is 8.51. The van der Waals surface area contributed by atoms with Gasteiger partial charge in [-0.1, -0.05) is 6.07 Å². The number of hydrogen-bond donors (Lipinski definition) is 1. The third kappa shape index (κ3) is 6.03. The lowest BCUT2D eigenvalue weighted by Crippen LogP contribution is -2.41. The number of anilines is 1. The summed E-state index contributed by atoms with van der Waals surface area (Å²) in [6, 6.07) is 11.5. The van der Waals surface area contributed by atoms with Crippen molar-refractivity contribution in [1.82, 2.24) is 5.32 Å². The number of amides is 1. The van der Waals surface area contributed by atoms with E-state index in [9.17, 15) is 13.2 Å². The maximum absolute atomic E-state index is 12.6. The quantitative estimate of drug-likeness (QED) is 0.616. The average Bonchev–Trinajstić information content (AvgIpc) is 2.71. The fraction of sp³-hybridized carbons (Fsp3) is 0.381. The van der Waals surface area contributed by atoms with Crippen molar-refractivity contribution in [1.29, 1.82) is 0 Å². The molecule has 0 unspecified atom stereocenters. The monoisotopic (exact) mass is 436 g/mol. The van der Waals surface area contributed by atoms with Crippen LogP contribution in [0.4, 0.5) is 5.69 Å². The molecule has 2 aromatic carbocycles. The smallest absolute Gasteiger partial charge is 0.241 e. The van der Waals surface area contributed by atoms with E-state index in [-0.39, 0.29) is 12.6 Å². The van der Waals surface area contributed by atoms with Gasteiger partial charge in [0.25, 0.3) is 0 Å². The zero-order chi connectivity index (χ0) is 22.3. The van der Waals surface area contributed by atoms with Crippen LogP contribution < -0.4 is 23.8 Å². The summed E-state index contributed by atoms with van der Waals surface area (Å²) in [6.45, 7) is 3.83. The van der Waals surface area contributed by atoms with Crippen molar-refractivity contribution >= 4 is 21.6 Å². The molecule has 0 heterocycles. The molecule has 0 radical (unpaired) electrons. The topological polar surface area (TPSA) is 94.2 Å². The minimum atomic E-state index is -3.66. The Balaban J connectivity index is 2.14. The molecule has 0 aromatic heterocycles. The first-order valence-corrected chi connectivity index (χ1v) is 11.3. The molecular weight excluding hydrogens is 408 g/mol. The molecule has 0 saturated heterocycles. The minimum absolute atomic E-state index is 0.343. The lowest BCUT2D eigenvalue weighted by Gasteiger charge is -2.23. The number of carbonyl (C=O) groups is 1. The highest BCUT2D eigenvalue weighted by Crippen LogP contribution is 2.30. The van der Waals surface area contributed by atoms with E-state index < -0.39 is 15.9 Å². The van der Waals surface area contributed by atoms with Crippen molar-refractivity contribution in [2.24, 2.45) is 0 Å². The van der Waals surface area contributed by atoms with Crippen LogP contribution in [0.2, 0.25) is 0 Å². The molecule has 0 fully saturated rings. The van der Waals surface area contributed by atoms with Crippen molar-refractivity contribution in [3.8, 4) is 17.2 Å². The Hall–Kier alpha value is -2.94. The van der Waals surface area contributed by atoms with Gasteiger partial charge in [0.05, 0.1) is 38.8 Å². The Bertz CT molecular complexity index is 960. The summed E-state index contributed by atoms with van der Waals surface area (Å²) in [5.74, 6) is 1.32. The van der Waals surface area contributed by atoms with E-state index in [1.807, 2.05) is 13.0 Å². The molecule has 164 valence electrons. The summed E-state index contributed by atoms with van der Waals surface area (Å²) in [5.41, 5.74) is 1.18. The first-order chi connectivity index (χ1) is 14.2. The molecule has 2 rings (SSSR count). The minimum Gasteiger partial charge on any atom is -0.494 e. The van der Waals surface area contributed by atoms with Gasteiger partial charge in [-0.25, -0.2) is 8.42 Å². The average molecular weight is 437 g/mol. The first-order valence-electron chi connectivity index (χ1n) is 9.41. The number of benzene rings is 2. The second-order valence-electron chi connectivity index (χ2n) is 6.60. The molecule has 1 amide bonds. The summed E-state index contributed by atoms with van der Waals surface area (Å²) in [6.07, 6.45) is 1.06. The second kappa shape index (κ2) is 10.2. The maximum atomic E-state index is 12.6. The Kier molecular flexibility index (Phi) is 7.93. The normalized spacial score (nSPS) is 12.0. The molecule has 0 bridgehead atoms. The van der Waals surface area contributed by atoms with Gasteiger partial charge in [0.15, 0.2) is 11.5 Å². The number of methoxy groups -OCH3 is 2. The number of rotatable bonds is 10. The predicted molar refractivity (Wildman–Crippen MR) is 116 cm³/mol. The van der Waals surface area contributed by atoms with Gasteiger partial charge in [-0.15, -0.1) is 0 Å². The van der Waals surface area contributed by atoms with E-state index in [2.05, 4.69) is 5.32 Å². The van der Waals surface area contributed by atoms with E-state index >= 15 is 0 Å². The Morgan fingerprint density at radius 2 is 1.70 bits per heavy atom. The molecule has 9 heteroatoms. The van der Waals surface area contributed by atoms with Crippen molar-refractivity contribution in [2.75, 3.05) is 37.9 Å². The summed E-state index contributed by atoms with van der Waals surface area (Å²) in [5, 5.41) is 2.82. The van der Waals surface area contributed by atoms with E-state index in [0.717, 1.165) is 16.1 Å². The summed E-state index contributed by atoms with van der Waals surface area (Å²) in [7, 11) is -0.585.